The Kier molecular flexibility index (Phi) is 10.5. The molecule has 0 spiro atoms. The first kappa shape index (κ1) is 29.5. The summed E-state index contributed by atoms with van der Waals surface area (Å²) < 4.78 is 1.48. The van der Waals surface area contributed by atoms with Crippen LogP contribution in [0.15, 0.2) is 93.9 Å². The number of phenolic OH excluding ortho intramolecular Hbond substituents is 2. The van der Waals surface area contributed by atoms with Gasteiger partial charge in [-0.3, -0.25) is 0 Å². The van der Waals surface area contributed by atoms with Crippen LogP contribution in [0.4, 0.5) is 32.3 Å². The summed E-state index contributed by atoms with van der Waals surface area (Å²) in [5.41, 5.74) is 2.24. The van der Waals surface area contributed by atoms with E-state index in [1.165, 1.54) is 36.4 Å². The zero-order valence-electron chi connectivity index (χ0n) is 20.4. The lowest BCUT2D eigenvalue weighted by molar-refractivity contribution is 0.261. The Hall–Kier alpha value is -5.04. The highest BCUT2D eigenvalue weighted by Crippen LogP contribution is 2.27. The molecule has 0 aromatic heterocycles. The monoisotopic (exact) mass is 662 g/mol. The van der Waals surface area contributed by atoms with Crippen molar-refractivity contribution in [3.63, 3.8) is 0 Å². The van der Waals surface area contributed by atoms with Crippen LogP contribution in [0.2, 0.25) is 0 Å². The van der Waals surface area contributed by atoms with Gasteiger partial charge >= 0.3 is 12.1 Å². The molecule has 0 aliphatic rings. The molecule has 0 saturated carbocycles. The number of urea groups is 2. The van der Waals surface area contributed by atoms with Crippen molar-refractivity contribution in [2.24, 2.45) is 0 Å². The number of rotatable bonds is 4. The standard InChI is InChI=1S/2C14H10BrN3O2/c2*15-10-3-1-2-4-11(10)17-14(20)18-12-7-9(8-16)5-6-13(12)19/h2*1-7,19H,(H2,17,18,20). The lowest BCUT2D eigenvalue weighted by atomic mass is 10.2. The summed E-state index contributed by atoms with van der Waals surface area (Å²) in [6, 6.07) is 25.6. The van der Waals surface area contributed by atoms with Crippen molar-refractivity contribution in [3.8, 4) is 23.6 Å². The Labute approximate surface area is 246 Å². The van der Waals surface area contributed by atoms with Crippen molar-refractivity contribution < 1.29 is 19.8 Å². The second-order valence-electron chi connectivity index (χ2n) is 7.81. The van der Waals surface area contributed by atoms with E-state index in [1.54, 1.807) is 36.4 Å². The summed E-state index contributed by atoms with van der Waals surface area (Å²) in [5, 5.41) is 47.1. The van der Waals surface area contributed by atoms with Crippen LogP contribution in [0.25, 0.3) is 0 Å². The molecule has 0 fully saturated rings. The van der Waals surface area contributed by atoms with E-state index >= 15 is 0 Å². The van der Waals surface area contributed by atoms with Crippen molar-refractivity contribution in [3.05, 3.63) is 105 Å². The number of nitriles is 2. The summed E-state index contributed by atoms with van der Waals surface area (Å²) in [5.74, 6) is -0.211. The van der Waals surface area contributed by atoms with Gasteiger partial charge < -0.3 is 31.5 Å². The SMILES string of the molecule is N#Cc1ccc(O)c(NC(=O)Nc2ccccc2Br)c1.N#Cc1ccc(O)c(NC(=O)Nc2ccccc2Br)c1. The minimum Gasteiger partial charge on any atom is -0.506 e. The molecular formula is C28H20Br2N6O4. The normalized spacial score (nSPS) is 9.60. The number of nitrogens with one attached hydrogen (secondary N) is 4. The first-order valence-corrected chi connectivity index (χ1v) is 12.9. The number of amides is 4. The van der Waals surface area contributed by atoms with E-state index in [1.807, 2.05) is 24.3 Å². The lowest BCUT2D eigenvalue weighted by Crippen LogP contribution is -2.19. The number of carbonyl (C=O) groups excluding carboxylic acids is 2. The molecule has 4 rings (SSSR count). The maximum absolute atomic E-state index is 11.8. The van der Waals surface area contributed by atoms with Crippen LogP contribution in [0.1, 0.15) is 11.1 Å². The number of anilines is 4. The molecule has 0 bridgehead atoms. The Morgan fingerprint density at radius 2 is 0.925 bits per heavy atom. The van der Waals surface area contributed by atoms with Gasteiger partial charge in [0.2, 0.25) is 0 Å². The van der Waals surface area contributed by atoms with Gasteiger partial charge in [0, 0.05) is 8.95 Å². The summed E-state index contributed by atoms with van der Waals surface area (Å²) in [6.07, 6.45) is 0. The van der Waals surface area contributed by atoms with Crippen molar-refractivity contribution in [1.29, 1.82) is 10.5 Å². The topological polar surface area (TPSA) is 170 Å². The molecule has 0 radical (unpaired) electrons. The predicted molar refractivity (Wildman–Crippen MR) is 159 cm³/mol. The van der Waals surface area contributed by atoms with Crippen LogP contribution in [0.5, 0.6) is 11.5 Å². The average molecular weight is 664 g/mol. The van der Waals surface area contributed by atoms with Gasteiger partial charge in [-0.15, -0.1) is 0 Å². The Morgan fingerprint density at radius 3 is 1.27 bits per heavy atom. The fourth-order valence-electron chi connectivity index (χ4n) is 3.09. The number of halogens is 2. The van der Waals surface area contributed by atoms with Crippen LogP contribution in [-0.4, -0.2) is 22.3 Å². The predicted octanol–water partition coefficient (Wildman–Crippen LogP) is 7.34. The molecule has 40 heavy (non-hydrogen) atoms. The molecule has 0 unspecified atom stereocenters. The highest BCUT2D eigenvalue weighted by molar-refractivity contribution is 9.11. The number of nitrogens with zero attached hydrogens (tertiary/aromatic N) is 2. The minimum atomic E-state index is -0.512. The van der Waals surface area contributed by atoms with Gasteiger partial charge in [-0.25, -0.2) is 9.59 Å². The maximum atomic E-state index is 11.8. The van der Waals surface area contributed by atoms with Gasteiger partial charge in [0.15, 0.2) is 0 Å². The summed E-state index contributed by atoms with van der Waals surface area (Å²) >= 11 is 6.63. The van der Waals surface area contributed by atoms with Gasteiger partial charge in [0.05, 0.1) is 46.0 Å². The van der Waals surface area contributed by atoms with E-state index in [9.17, 15) is 19.8 Å². The molecule has 0 aliphatic carbocycles. The van der Waals surface area contributed by atoms with E-state index < -0.39 is 12.1 Å². The molecule has 4 aromatic rings. The number of para-hydroxylation sites is 2. The quantitative estimate of drug-likeness (QED) is 0.125. The number of carbonyl (C=O) groups is 2. The van der Waals surface area contributed by atoms with Gasteiger partial charge in [-0.1, -0.05) is 24.3 Å². The van der Waals surface area contributed by atoms with Crippen molar-refractivity contribution in [1.82, 2.24) is 0 Å². The number of benzene rings is 4. The average Bonchev–Trinajstić information content (AvgIpc) is 2.94. The van der Waals surface area contributed by atoms with Crippen molar-refractivity contribution in [2.45, 2.75) is 0 Å². The maximum Gasteiger partial charge on any atom is 0.323 e. The van der Waals surface area contributed by atoms with E-state index in [2.05, 4.69) is 53.1 Å². The highest BCUT2D eigenvalue weighted by atomic mass is 79.9. The molecule has 200 valence electrons. The Bertz CT molecular complexity index is 1510. The Balaban J connectivity index is 0.000000220. The van der Waals surface area contributed by atoms with Gasteiger partial charge in [0.1, 0.15) is 11.5 Å². The highest BCUT2D eigenvalue weighted by Gasteiger charge is 2.10. The van der Waals surface area contributed by atoms with Gasteiger partial charge in [-0.05, 0) is 92.5 Å². The smallest absolute Gasteiger partial charge is 0.323 e. The second-order valence-corrected chi connectivity index (χ2v) is 9.51. The fourth-order valence-corrected chi connectivity index (χ4v) is 3.86. The van der Waals surface area contributed by atoms with Crippen molar-refractivity contribution >= 4 is 66.7 Å². The molecule has 4 amide bonds. The largest absolute Gasteiger partial charge is 0.506 e. The van der Waals surface area contributed by atoms with E-state index in [0.717, 1.165) is 8.95 Å². The molecule has 0 heterocycles. The third-order valence-corrected chi connectivity index (χ3v) is 6.37. The molecule has 0 aliphatic heterocycles. The Morgan fingerprint density at radius 1 is 0.575 bits per heavy atom. The number of hydrogen-bond donors (Lipinski definition) is 6. The van der Waals surface area contributed by atoms with Crippen LogP contribution in [0, 0.1) is 22.7 Å². The number of hydrogen-bond acceptors (Lipinski definition) is 6. The molecule has 10 nitrogen and oxygen atoms in total. The van der Waals surface area contributed by atoms with Crippen LogP contribution in [-0.2, 0) is 0 Å². The zero-order valence-corrected chi connectivity index (χ0v) is 23.6. The first-order chi connectivity index (χ1) is 19.2. The van der Waals surface area contributed by atoms with Crippen LogP contribution < -0.4 is 21.3 Å². The minimum absolute atomic E-state index is 0.105. The van der Waals surface area contributed by atoms with Crippen LogP contribution >= 0.6 is 31.9 Å². The molecule has 6 N–H and O–H groups in total. The number of phenols is 2. The summed E-state index contributed by atoms with van der Waals surface area (Å²) in [7, 11) is 0. The third kappa shape index (κ3) is 8.49. The first-order valence-electron chi connectivity index (χ1n) is 11.3. The molecular weight excluding hydrogens is 644 g/mol. The zero-order chi connectivity index (χ0) is 29.1. The van der Waals surface area contributed by atoms with E-state index in [4.69, 9.17) is 10.5 Å². The van der Waals surface area contributed by atoms with Gasteiger partial charge in [-0.2, -0.15) is 10.5 Å². The lowest BCUT2D eigenvalue weighted by Gasteiger charge is -2.10. The van der Waals surface area contributed by atoms with Gasteiger partial charge in [0.25, 0.3) is 0 Å². The van der Waals surface area contributed by atoms with Crippen LogP contribution in [0.3, 0.4) is 0 Å². The molecule has 12 heteroatoms. The summed E-state index contributed by atoms with van der Waals surface area (Å²) in [4.78, 5) is 23.7. The second kappa shape index (κ2) is 14.2. The van der Waals surface area contributed by atoms with E-state index in [-0.39, 0.29) is 22.9 Å². The number of aromatic hydroxyl groups is 2. The fraction of sp³-hybridized carbons (Fsp3) is 0. The third-order valence-electron chi connectivity index (χ3n) is 4.99. The van der Waals surface area contributed by atoms with E-state index in [0.29, 0.717) is 22.5 Å². The molecule has 0 saturated heterocycles. The molecule has 0 atom stereocenters. The summed E-state index contributed by atoms with van der Waals surface area (Å²) in [6.45, 7) is 0. The van der Waals surface area contributed by atoms with Crippen molar-refractivity contribution in [2.75, 3.05) is 21.3 Å². The molecule has 4 aromatic carbocycles.